The van der Waals surface area contributed by atoms with Gasteiger partial charge in [-0.15, -0.1) is 0 Å². The van der Waals surface area contributed by atoms with Crippen molar-refractivity contribution in [3.63, 3.8) is 0 Å². The summed E-state index contributed by atoms with van der Waals surface area (Å²) >= 11 is 3.62. The molecule has 1 fully saturated rings. The van der Waals surface area contributed by atoms with Crippen LogP contribution in [-0.4, -0.2) is 13.7 Å². The Hall–Kier alpha value is -0.540. The van der Waals surface area contributed by atoms with Gasteiger partial charge in [-0.2, -0.15) is 0 Å². The first-order valence-electron chi connectivity index (χ1n) is 7.09. The predicted molar refractivity (Wildman–Crippen MR) is 83.6 cm³/mol. The molecule has 106 valence electrons. The fourth-order valence-electron chi connectivity index (χ4n) is 2.72. The minimum Gasteiger partial charge on any atom is -0.492 e. The van der Waals surface area contributed by atoms with E-state index in [1.54, 1.807) is 0 Å². The lowest BCUT2D eigenvalue weighted by Crippen LogP contribution is -2.20. The summed E-state index contributed by atoms with van der Waals surface area (Å²) in [4.78, 5) is 0. The van der Waals surface area contributed by atoms with Crippen LogP contribution in [0.3, 0.4) is 0 Å². The van der Waals surface area contributed by atoms with Gasteiger partial charge in [0, 0.05) is 6.04 Å². The Morgan fingerprint density at radius 3 is 2.63 bits per heavy atom. The Morgan fingerprint density at radius 2 is 2.16 bits per heavy atom. The first kappa shape index (κ1) is 14.9. The molecule has 0 amide bonds. The second-order valence-corrected chi connectivity index (χ2v) is 6.96. The van der Waals surface area contributed by atoms with Gasteiger partial charge in [0.05, 0.1) is 11.1 Å². The van der Waals surface area contributed by atoms with E-state index in [0.717, 1.165) is 29.2 Å². The van der Waals surface area contributed by atoms with E-state index in [0.29, 0.717) is 11.5 Å². The minimum absolute atomic E-state index is 0.437. The van der Waals surface area contributed by atoms with E-state index >= 15 is 0 Å². The number of nitrogens with one attached hydrogen (secondary N) is 1. The Kier molecular flexibility index (Phi) is 4.57. The lowest BCUT2D eigenvalue weighted by atomic mass is 9.97. The van der Waals surface area contributed by atoms with E-state index in [4.69, 9.17) is 4.74 Å². The quantitative estimate of drug-likeness (QED) is 0.828. The maximum Gasteiger partial charge on any atom is 0.133 e. The molecule has 0 radical (unpaired) electrons. The number of benzene rings is 1. The molecule has 2 rings (SSSR count). The minimum atomic E-state index is 0.437. The molecule has 3 heteroatoms. The van der Waals surface area contributed by atoms with E-state index in [-0.39, 0.29) is 0 Å². The van der Waals surface area contributed by atoms with Gasteiger partial charge >= 0.3 is 0 Å². The van der Waals surface area contributed by atoms with Crippen LogP contribution in [0, 0.1) is 11.3 Å². The Labute approximate surface area is 125 Å². The van der Waals surface area contributed by atoms with Crippen LogP contribution in [0.4, 0.5) is 0 Å². The zero-order chi connectivity index (χ0) is 14.0. The highest BCUT2D eigenvalue weighted by molar-refractivity contribution is 9.10. The topological polar surface area (TPSA) is 21.3 Å². The third-order valence-corrected chi connectivity index (χ3v) is 4.70. The van der Waals surface area contributed by atoms with Gasteiger partial charge in [0.15, 0.2) is 0 Å². The molecule has 0 spiro atoms. The zero-order valence-corrected chi connectivity index (χ0v) is 13.9. The van der Waals surface area contributed by atoms with Crippen LogP contribution in [0.25, 0.3) is 0 Å². The number of hydrogen-bond acceptors (Lipinski definition) is 2. The highest BCUT2D eigenvalue weighted by Crippen LogP contribution is 2.57. The molecule has 0 aromatic heterocycles. The fraction of sp³-hybridized carbons (Fsp3) is 0.625. The molecule has 2 unspecified atom stereocenters. The molecular weight excluding hydrogens is 302 g/mol. The molecule has 2 atom stereocenters. The van der Waals surface area contributed by atoms with Crippen LogP contribution in [0.5, 0.6) is 5.75 Å². The van der Waals surface area contributed by atoms with Crippen LogP contribution in [0.2, 0.25) is 0 Å². The van der Waals surface area contributed by atoms with Gasteiger partial charge in [-0.25, -0.2) is 0 Å². The average molecular weight is 326 g/mol. The monoisotopic (exact) mass is 325 g/mol. The van der Waals surface area contributed by atoms with Crippen LogP contribution >= 0.6 is 15.9 Å². The summed E-state index contributed by atoms with van der Waals surface area (Å²) in [6.45, 7) is 7.57. The highest BCUT2D eigenvalue weighted by Gasteiger charge is 2.50. The SMILES string of the molecule is CCCOc1ccc(C(NC)C2CC2(C)C)cc1Br. The van der Waals surface area contributed by atoms with Gasteiger partial charge in [-0.3, -0.25) is 0 Å². The molecule has 1 aliphatic rings. The lowest BCUT2D eigenvalue weighted by Gasteiger charge is -2.19. The van der Waals surface area contributed by atoms with Gasteiger partial charge in [0.25, 0.3) is 0 Å². The summed E-state index contributed by atoms with van der Waals surface area (Å²) in [7, 11) is 2.05. The normalized spacial score (nSPS) is 22.1. The van der Waals surface area contributed by atoms with Crippen molar-refractivity contribution in [3.05, 3.63) is 28.2 Å². The van der Waals surface area contributed by atoms with Gasteiger partial charge in [-0.1, -0.05) is 26.8 Å². The smallest absolute Gasteiger partial charge is 0.133 e. The predicted octanol–water partition coefficient (Wildman–Crippen LogP) is 4.54. The maximum absolute atomic E-state index is 5.70. The van der Waals surface area contributed by atoms with Crippen molar-refractivity contribution in [2.24, 2.45) is 11.3 Å². The molecule has 0 aliphatic heterocycles. The summed E-state index contributed by atoms with van der Waals surface area (Å²) in [5.41, 5.74) is 1.81. The van der Waals surface area contributed by atoms with Crippen LogP contribution in [0.15, 0.2) is 22.7 Å². The molecule has 0 saturated heterocycles. The van der Waals surface area contributed by atoms with Crippen LogP contribution in [-0.2, 0) is 0 Å². The maximum atomic E-state index is 5.70. The van der Waals surface area contributed by atoms with E-state index in [1.807, 2.05) is 0 Å². The second kappa shape index (κ2) is 5.84. The summed E-state index contributed by atoms with van der Waals surface area (Å²) in [6, 6.07) is 6.90. The van der Waals surface area contributed by atoms with Crippen molar-refractivity contribution in [1.82, 2.24) is 5.32 Å². The summed E-state index contributed by atoms with van der Waals surface area (Å²) in [5, 5.41) is 3.46. The lowest BCUT2D eigenvalue weighted by molar-refractivity contribution is 0.315. The van der Waals surface area contributed by atoms with E-state index in [9.17, 15) is 0 Å². The standard InChI is InChI=1S/C16H24BrNO/c1-5-8-19-14-7-6-11(9-13(14)17)15(18-4)12-10-16(12,2)3/h6-7,9,12,15,18H,5,8,10H2,1-4H3. The van der Waals surface area contributed by atoms with Gasteiger partial charge in [0.2, 0.25) is 0 Å². The Bertz CT molecular complexity index is 444. The third kappa shape index (κ3) is 3.32. The fourth-order valence-corrected chi connectivity index (χ4v) is 3.23. The molecule has 2 nitrogen and oxygen atoms in total. The van der Waals surface area contributed by atoms with Gasteiger partial charge < -0.3 is 10.1 Å². The van der Waals surface area contributed by atoms with Crippen molar-refractivity contribution in [1.29, 1.82) is 0 Å². The second-order valence-electron chi connectivity index (χ2n) is 6.10. The van der Waals surface area contributed by atoms with Crippen molar-refractivity contribution < 1.29 is 4.74 Å². The van der Waals surface area contributed by atoms with Crippen LogP contribution in [0.1, 0.15) is 45.2 Å². The zero-order valence-electron chi connectivity index (χ0n) is 12.3. The Balaban J connectivity index is 2.14. The molecular formula is C16H24BrNO. The molecule has 1 aromatic rings. The molecule has 0 heterocycles. The molecule has 1 aliphatic carbocycles. The Morgan fingerprint density at radius 1 is 1.47 bits per heavy atom. The van der Waals surface area contributed by atoms with Crippen molar-refractivity contribution in [2.45, 2.75) is 39.7 Å². The van der Waals surface area contributed by atoms with Crippen molar-refractivity contribution in [3.8, 4) is 5.75 Å². The molecule has 0 bridgehead atoms. The highest BCUT2D eigenvalue weighted by atomic mass is 79.9. The van der Waals surface area contributed by atoms with Crippen molar-refractivity contribution >= 4 is 15.9 Å². The van der Waals surface area contributed by atoms with E-state index in [1.165, 1.54) is 12.0 Å². The van der Waals surface area contributed by atoms with Gasteiger partial charge in [0.1, 0.15) is 5.75 Å². The average Bonchev–Trinajstić information content (AvgIpc) is 2.98. The van der Waals surface area contributed by atoms with Gasteiger partial charge in [-0.05, 0) is 64.8 Å². The molecule has 1 N–H and O–H groups in total. The first-order valence-corrected chi connectivity index (χ1v) is 7.88. The summed E-state index contributed by atoms with van der Waals surface area (Å²) in [5.74, 6) is 1.67. The number of rotatable bonds is 6. The third-order valence-electron chi connectivity index (χ3n) is 4.08. The van der Waals surface area contributed by atoms with Crippen LogP contribution < -0.4 is 10.1 Å². The summed E-state index contributed by atoms with van der Waals surface area (Å²) < 4.78 is 6.76. The van der Waals surface area contributed by atoms with Crippen molar-refractivity contribution in [2.75, 3.05) is 13.7 Å². The van der Waals surface area contributed by atoms with E-state index < -0.39 is 0 Å². The number of halogens is 1. The molecule has 1 aromatic carbocycles. The number of ether oxygens (including phenoxy) is 1. The largest absolute Gasteiger partial charge is 0.492 e. The van der Waals surface area contributed by atoms with E-state index in [2.05, 4.69) is 67.3 Å². The molecule has 19 heavy (non-hydrogen) atoms. The number of hydrogen-bond donors (Lipinski definition) is 1. The first-order chi connectivity index (χ1) is 8.99. The summed E-state index contributed by atoms with van der Waals surface area (Å²) in [6.07, 6.45) is 2.33. The molecule has 1 saturated carbocycles.